The van der Waals surface area contributed by atoms with Crippen LogP contribution in [0.1, 0.15) is 179 Å². The van der Waals surface area contributed by atoms with Gasteiger partial charge in [0.1, 0.15) is 11.5 Å². The quantitative estimate of drug-likeness (QED) is 0.0509. The fourth-order valence-corrected chi connectivity index (χ4v) is 6.10. The van der Waals surface area contributed by atoms with Crippen LogP contribution >= 0.6 is 0 Å². The molecule has 0 fully saturated rings. The molecule has 0 N–H and O–H groups in total. The van der Waals surface area contributed by atoms with Gasteiger partial charge >= 0.3 is 0 Å². The summed E-state index contributed by atoms with van der Waals surface area (Å²) in [4.78, 5) is 0. The minimum atomic E-state index is 0.872. The standard InChI is InChI=1S/C42H68N2O2/c1-5-7-9-11-13-15-17-19-21-23-25-27-41(37-29-33-39(45-3)34-30-37)43-44-42(38-31-35-40(46-4)36-32-38)28-26-24-22-20-18-16-14-12-10-8-6-2/h29-36H,5-28H2,1-4H3/b43-41+,44-42+. The molecule has 0 spiro atoms. The van der Waals surface area contributed by atoms with E-state index in [-0.39, 0.29) is 0 Å². The van der Waals surface area contributed by atoms with E-state index in [1.54, 1.807) is 14.2 Å². The van der Waals surface area contributed by atoms with Crippen molar-refractivity contribution in [2.45, 2.75) is 168 Å². The molecule has 0 saturated carbocycles. The molecule has 0 aliphatic heterocycles. The van der Waals surface area contributed by atoms with Crippen LogP contribution in [0.3, 0.4) is 0 Å². The molecule has 0 aliphatic carbocycles. The lowest BCUT2D eigenvalue weighted by molar-refractivity contribution is 0.414. The number of unbranched alkanes of at least 4 members (excludes halogenated alkanes) is 20. The van der Waals surface area contributed by atoms with Gasteiger partial charge in [-0.25, -0.2) is 0 Å². The van der Waals surface area contributed by atoms with E-state index in [0.29, 0.717) is 0 Å². The van der Waals surface area contributed by atoms with Crippen molar-refractivity contribution in [3.63, 3.8) is 0 Å². The molecule has 4 heteroatoms. The van der Waals surface area contributed by atoms with Gasteiger partial charge in [0.25, 0.3) is 0 Å². The third-order valence-electron chi connectivity index (χ3n) is 9.17. The van der Waals surface area contributed by atoms with Crippen LogP contribution in [0.4, 0.5) is 0 Å². The number of benzene rings is 2. The third-order valence-corrected chi connectivity index (χ3v) is 9.17. The van der Waals surface area contributed by atoms with Gasteiger partial charge in [0.05, 0.1) is 25.6 Å². The maximum atomic E-state index is 5.42. The SMILES string of the molecule is CCCCCCCCCCCCC/C(=N\N=C(/CCCCCCCCCCCCC)c1ccc(OC)cc1)c1ccc(OC)cc1. The first-order valence-corrected chi connectivity index (χ1v) is 19.1. The average molecular weight is 633 g/mol. The van der Waals surface area contributed by atoms with Crippen molar-refractivity contribution in [3.05, 3.63) is 59.7 Å². The predicted octanol–water partition coefficient (Wildman–Crippen LogP) is 13.3. The molecule has 4 nitrogen and oxygen atoms in total. The van der Waals surface area contributed by atoms with E-state index in [2.05, 4.69) is 38.1 Å². The summed E-state index contributed by atoms with van der Waals surface area (Å²) in [7, 11) is 3.44. The number of nitrogens with zero attached hydrogens (tertiary/aromatic N) is 2. The number of hydrogen-bond acceptors (Lipinski definition) is 4. The third kappa shape index (κ3) is 18.5. The van der Waals surface area contributed by atoms with Gasteiger partial charge < -0.3 is 9.47 Å². The molecule has 0 atom stereocenters. The van der Waals surface area contributed by atoms with Crippen molar-refractivity contribution in [1.29, 1.82) is 0 Å². The summed E-state index contributed by atoms with van der Waals surface area (Å²) in [5.41, 5.74) is 4.42. The van der Waals surface area contributed by atoms with Gasteiger partial charge in [-0.2, -0.15) is 10.2 Å². The molecule has 0 heterocycles. The van der Waals surface area contributed by atoms with Crippen molar-refractivity contribution in [3.8, 4) is 11.5 Å². The second-order valence-corrected chi connectivity index (χ2v) is 13.1. The average Bonchev–Trinajstić information content (AvgIpc) is 3.10. The van der Waals surface area contributed by atoms with E-state index in [1.165, 1.54) is 128 Å². The van der Waals surface area contributed by atoms with Gasteiger partial charge in [-0.3, -0.25) is 0 Å². The molecule has 0 aromatic heterocycles. The fraction of sp³-hybridized carbons (Fsp3) is 0.667. The van der Waals surface area contributed by atoms with Crippen LogP contribution in [0.25, 0.3) is 0 Å². The van der Waals surface area contributed by atoms with Crippen LogP contribution in [0, 0.1) is 0 Å². The van der Waals surface area contributed by atoms with Crippen LogP contribution in [0.5, 0.6) is 11.5 Å². The van der Waals surface area contributed by atoms with Gasteiger partial charge in [0.2, 0.25) is 0 Å². The highest BCUT2D eigenvalue weighted by Gasteiger charge is 2.08. The van der Waals surface area contributed by atoms with Gasteiger partial charge in [-0.15, -0.1) is 0 Å². The topological polar surface area (TPSA) is 43.2 Å². The van der Waals surface area contributed by atoms with Crippen LogP contribution in [-0.2, 0) is 0 Å². The first-order valence-electron chi connectivity index (χ1n) is 19.1. The number of ether oxygens (including phenoxy) is 2. The molecular formula is C42H68N2O2. The lowest BCUT2D eigenvalue weighted by Gasteiger charge is -2.10. The molecule has 46 heavy (non-hydrogen) atoms. The van der Waals surface area contributed by atoms with Gasteiger partial charge in [0.15, 0.2) is 0 Å². The Morgan fingerprint density at radius 3 is 0.913 bits per heavy atom. The molecule has 0 saturated heterocycles. The van der Waals surface area contributed by atoms with Crippen molar-refractivity contribution in [2.24, 2.45) is 10.2 Å². The summed E-state index contributed by atoms with van der Waals surface area (Å²) >= 11 is 0. The van der Waals surface area contributed by atoms with Crippen molar-refractivity contribution in [2.75, 3.05) is 14.2 Å². The minimum absolute atomic E-state index is 0.872. The number of rotatable bonds is 29. The Labute approximate surface area is 283 Å². The minimum Gasteiger partial charge on any atom is -0.497 e. The highest BCUT2D eigenvalue weighted by atomic mass is 16.5. The van der Waals surface area contributed by atoms with E-state index in [9.17, 15) is 0 Å². The number of hydrogen-bond donors (Lipinski definition) is 0. The van der Waals surface area contributed by atoms with Gasteiger partial charge in [0, 0.05) is 0 Å². The first kappa shape index (κ1) is 39.6. The monoisotopic (exact) mass is 633 g/mol. The van der Waals surface area contributed by atoms with Crippen LogP contribution < -0.4 is 9.47 Å². The Hall–Kier alpha value is -2.62. The largest absolute Gasteiger partial charge is 0.497 e. The molecule has 2 aromatic rings. The summed E-state index contributed by atoms with van der Waals surface area (Å²) in [6.45, 7) is 4.58. The van der Waals surface area contributed by atoms with Gasteiger partial charge in [-0.1, -0.05) is 142 Å². The summed E-state index contributed by atoms with van der Waals surface area (Å²) in [6.07, 6.45) is 31.4. The zero-order valence-electron chi connectivity index (χ0n) is 30.3. The Bertz CT molecular complexity index is 957. The fourth-order valence-electron chi connectivity index (χ4n) is 6.10. The van der Waals surface area contributed by atoms with E-state index in [4.69, 9.17) is 19.7 Å². The summed E-state index contributed by atoms with van der Waals surface area (Å²) < 4.78 is 10.8. The van der Waals surface area contributed by atoms with Crippen molar-refractivity contribution in [1.82, 2.24) is 0 Å². The molecule has 2 rings (SSSR count). The number of methoxy groups -OCH3 is 2. The zero-order valence-corrected chi connectivity index (χ0v) is 30.3. The summed E-state index contributed by atoms with van der Waals surface area (Å²) in [5, 5.41) is 9.91. The van der Waals surface area contributed by atoms with Gasteiger partial charge in [-0.05, 0) is 85.3 Å². The molecule has 0 aliphatic rings. The second kappa shape index (κ2) is 27.5. The van der Waals surface area contributed by atoms with E-state index < -0.39 is 0 Å². The van der Waals surface area contributed by atoms with Crippen molar-refractivity contribution < 1.29 is 9.47 Å². The molecule has 0 amide bonds. The summed E-state index contributed by atoms with van der Waals surface area (Å²) in [6, 6.07) is 16.6. The second-order valence-electron chi connectivity index (χ2n) is 13.1. The molecule has 2 aromatic carbocycles. The van der Waals surface area contributed by atoms with E-state index in [0.717, 1.165) is 59.7 Å². The van der Waals surface area contributed by atoms with Crippen LogP contribution in [0.15, 0.2) is 58.7 Å². The Balaban J connectivity index is 1.97. The highest BCUT2D eigenvalue weighted by Crippen LogP contribution is 2.20. The molecule has 0 bridgehead atoms. The Kier molecular flexibility index (Phi) is 23.6. The first-order chi connectivity index (χ1) is 22.7. The van der Waals surface area contributed by atoms with Crippen LogP contribution in [0.2, 0.25) is 0 Å². The molecule has 0 unspecified atom stereocenters. The molecule has 258 valence electrons. The lowest BCUT2D eigenvalue weighted by Crippen LogP contribution is -2.04. The Morgan fingerprint density at radius 2 is 0.652 bits per heavy atom. The highest BCUT2D eigenvalue weighted by molar-refractivity contribution is 6.03. The van der Waals surface area contributed by atoms with Crippen LogP contribution in [-0.4, -0.2) is 25.6 Å². The smallest absolute Gasteiger partial charge is 0.118 e. The maximum absolute atomic E-state index is 5.42. The maximum Gasteiger partial charge on any atom is 0.118 e. The summed E-state index contributed by atoms with van der Waals surface area (Å²) in [5.74, 6) is 1.74. The molecular weight excluding hydrogens is 564 g/mol. The van der Waals surface area contributed by atoms with E-state index >= 15 is 0 Å². The predicted molar refractivity (Wildman–Crippen MR) is 201 cm³/mol. The lowest BCUT2D eigenvalue weighted by atomic mass is 10.0. The molecule has 0 radical (unpaired) electrons. The normalized spacial score (nSPS) is 12.1. The zero-order chi connectivity index (χ0) is 32.9. The van der Waals surface area contributed by atoms with Crippen molar-refractivity contribution >= 4 is 11.4 Å². The Morgan fingerprint density at radius 1 is 0.391 bits per heavy atom. The van der Waals surface area contributed by atoms with E-state index in [1.807, 2.05) is 24.3 Å².